The predicted molar refractivity (Wildman–Crippen MR) is 123 cm³/mol. The lowest BCUT2D eigenvalue weighted by molar-refractivity contribution is 0.306. The molecular formula is C25H20N2O3S. The Kier molecular flexibility index (Phi) is 5.71. The second kappa shape index (κ2) is 9.10. The van der Waals surface area contributed by atoms with Crippen molar-refractivity contribution < 1.29 is 13.6 Å². The molecule has 5 rings (SSSR count). The number of furan rings is 2. The van der Waals surface area contributed by atoms with Gasteiger partial charge in [0, 0.05) is 11.8 Å². The molecule has 3 heterocycles. The maximum atomic E-state index is 6.03. The Morgan fingerprint density at radius 2 is 1.61 bits per heavy atom. The highest BCUT2D eigenvalue weighted by atomic mass is 32.2. The molecule has 1 aliphatic rings. The smallest absolute Gasteiger partial charge is 0.184 e. The second-order valence-electron chi connectivity index (χ2n) is 7.00. The van der Waals surface area contributed by atoms with Crippen molar-refractivity contribution in [1.29, 1.82) is 0 Å². The highest BCUT2D eigenvalue weighted by molar-refractivity contribution is 8.14. The van der Waals surface area contributed by atoms with Crippen molar-refractivity contribution in [1.82, 2.24) is 0 Å². The number of rotatable bonds is 6. The van der Waals surface area contributed by atoms with Gasteiger partial charge in [0.25, 0.3) is 0 Å². The van der Waals surface area contributed by atoms with Crippen LogP contribution >= 0.6 is 11.8 Å². The van der Waals surface area contributed by atoms with E-state index in [4.69, 9.17) is 18.6 Å². The number of aliphatic imine (C=N–C) groups is 2. The van der Waals surface area contributed by atoms with Crippen molar-refractivity contribution in [3.8, 4) is 5.75 Å². The molecule has 2 aromatic heterocycles. The average Bonchev–Trinajstić information content (AvgIpc) is 3.58. The monoisotopic (exact) mass is 428 g/mol. The topological polar surface area (TPSA) is 60.2 Å². The number of ether oxygens (including phenoxy) is 1. The number of para-hydroxylation sites is 1. The molecule has 0 unspecified atom stereocenters. The third kappa shape index (κ3) is 4.49. The van der Waals surface area contributed by atoms with E-state index in [2.05, 4.69) is 4.99 Å². The van der Waals surface area contributed by atoms with Gasteiger partial charge in [-0.25, -0.2) is 9.98 Å². The Bertz CT molecular complexity index is 1170. The standard InChI is InChI=1S/C25H20N2O3S/c1-2-8-18(9-3-1)17-30-20-11-5-4-10-19(20)16-26-25-27-23(21-12-6-14-28-21)24(31-25)22-13-7-15-29-22/h1-16,23-24H,17H2/t23-,24-/m1/s1. The van der Waals surface area contributed by atoms with Gasteiger partial charge in [-0.15, -0.1) is 0 Å². The summed E-state index contributed by atoms with van der Waals surface area (Å²) in [7, 11) is 0. The third-order valence-corrected chi connectivity index (χ3v) is 6.06. The van der Waals surface area contributed by atoms with Gasteiger partial charge >= 0.3 is 0 Å². The zero-order valence-corrected chi connectivity index (χ0v) is 17.4. The van der Waals surface area contributed by atoms with Crippen LogP contribution in [0.2, 0.25) is 0 Å². The predicted octanol–water partition coefficient (Wildman–Crippen LogP) is 6.46. The van der Waals surface area contributed by atoms with E-state index in [1.807, 2.05) is 78.9 Å². The lowest BCUT2D eigenvalue weighted by atomic mass is 10.1. The van der Waals surface area contributed by atoms with Gasteiger partial charge in [-0.2, -0.15) is 0 Å². The van der Waals surface area contributed by atoms with E-state index in [0.717, 1.165) is 28.4 Å². The Morgan fingerprint density at radius 1 is 0.871 bits per heavy atom. The summed E-state index contributed by atoms with van der Waals surface area (Å²) in [6, 6.07) is 25.4. The quantitative estimate of drug-likeness (QED) is 0.331. The van der Waals surface area contributed by atoms with Gasteiger partial charge in [-0.1, -0.05) is 54.2 Å². The number of hydrogen-bond acceptors (Lipinski definition) is 6. The van der Waals surface area contributed by atoms with E-state index in [1.165, 1.54) is 0 Å². The van der Waals surface area contributed by atoms with Crippen LogP contribution in [0.1, 0.15) is 33.9 Å². The second-order valence-corrected chi connectivity index (χ2v) is 8.10. The molecule has 6 heteroatoms. The van der Waals surface area contributed by atoms with Crippen LogP contribution in [-0.4, -0.2) is 11.4 Å². The molecule has 0 radical (unpaired) electrons. The van der Waals surface area contributed by atoms with Crippen LogP contribution in [0.15, 0.2) is 110 Å². The van der Waals surface area contributed by atoms with Crippen LogP contribution in [-0.2, 0) is 6.61 Å². The maximum Gasteiger partial charge on any atom is 0.184 e. The van der Waals surface area contributed by atoms with E-state index in [9.17, 15) is 0 Å². The lowest BCUT2D eigenvalue weighted by Crippen LogP contribution is -2.00. The van der Waals surface area contributed by atoms with E-state index in [0.29, 0.717) is 11.8 Å². The first kappa shape index (κ1) is 19.5. The fourth-order valence-corrected chi connectivity index (χ4v) is 4.47. The molecular weight excluding hydrogens is 408 g/mol. The zero-order valence-electron chi connectivity index (χ0n) is 16.6. The van der Waals surface area contributed by atoms with Crippen LogP contribution in [0.5, 0.6) is 5.75 Å². The molecule has 0 fully saturated rings. The van der Waals surface area contributed by atoms with Crippen LogP contribution in [0.4, 0.5) is 0 Å². The normalized spacial score (nSPS) is 18.4. The van der Waals surface area contributed by atoms with Crippen molar-refractivity contribution in [2.45, 2.75) is 17.9 Å². The Balaban J connectivity index is 1.35. The zero-order chi connectivity index (χ0) is 20.9. The fourth-order valence-electron chi connectivity index (χ4n) is 3.38. The first-order valence-electron chi connectivity index (χ1n) is 9.98. The van der Waals surface area contributed by atoms with Crippen molar-refractivity contribution in [3.05, 3.63) is 114 Å². The first-order valence-corrected chi connectivity index (χ1v) is 10.9. The number of thioether (sulfide) groups is 1. The molecule has 0 spiro atoms. The summed E-state index contributed by atoms with van der Waals surface area (Å²) in [6.45, 7) is 0.503. The molecule has 5 nitrogen and oxygen atoms in total. The Morgan fingerprint density at radius 3 is 2.39 bits per heavy atom. The van der Waals surface area contributed by atoms with E-state index in [-0.39, 0.29) is 11.3 Å². The molecule has 0 saturated heterocycles. The molecule has 0 aliphatic carbocycles. The molecule has 154 valence electrons. The summed E-state index contributed by atoms with van der Waals surface area (Å²) in [5.41, 5.74) is 2.02. The summed E-state index contributed by atoms with van der Waals surface area (Å²) >= 11 is 1.57. The molecule has 2 atom stereocenters. The molecule has 0 amide bonds. The van der Waals surface area contributed by atoms with Crippen molar-refractivity contribution in [3.63, 3.8) is 0 Å². The molecule has 0 N–H and O–H groups in total. The summed E-state index contributed by atoms with van der Waals surface area (Å²) < 4.78 is 17.3. The van der Waals surface area contributed by atoms with E-state index < -0.39 is 0 Å². The number of nitrogens with zero attached hydrogens (tertiary/aromatic N) is 2. The molecule has 0 saturated carbocycles. The summed E-state index contributed by atoms with van der Waals surface area (Å²) in [5, 5.41) is 0.665. The maximum absolute atomic E-state index is 6.03. The van der Waals surface area contributed by atoms with E-state index in [1.54, 1.807) is 30.5 Å². The molecule has 4 aromatic rings. The first-order chi connectivity index (χ1) is 15.4. The molecule has 0 bridgehead atoms. The number of benzene rings is 2. The largest absolute Gasteiger partial charge is 0.488 e. The van der Waals surface area contributed by atoms with Crippen LogP contribution in [0.3, 0.4) is 0 Å². The highest BCUT2D eigenvalue weighted by Crippen LogP contribution is 2.49. The minimum atomic E-state index is -0.178. The number of hydrogen-bond donors (Lipinski definition) is 0. The van der Waals surface area contributed by atoms with Gasteiger partial charge in [-0.3, -0.25) is 0 Å². The minimum Gasteiger partial charge on any atom is -0.488 e. The Labute approximate surface area is 184 Å². The molecule has 1 aliphatic heterocycles. The van der Waals surface area contributed by atoms with E-state index >= 15 is 0 Å². The van der Waals surface area contributed by atoms with Crippen LogP contribution in [0, 0.1) is 0 Å². The summed E-state index contributed by atoms with van der Waals surface area (Å²) in [5.74, 6) is 2.43. The lowest BCUT2D eigenvalue weighted by Gasteiger charge is -2.11. The highest BCUT2D eigenvalue weighted by Gasteiger charge is 2.36. The van der Waals surface area contributed by atoms with Gasteiger partial charge in [0.2, 0.25) is 0 Å². The van der Waals surface area contributed by atoms with Crippen molar-refractivity contribution >= 4 is 23.1 Å². The number of amidine groups is 1. The van der Waals surface area contributed by atoms with Gasteiger partial charge in [0.1, 0.15) is 35.2 Å². The fraction of sp³-hybridized carbons (Fsp3) is 0.120. The summed E-state index contributed by atoms with van der Waals surface area (Å²) in [6.07, 6.45) is 5.14. The van der Waals surface area contributed by atoms with Gasteiger partial charge in [0.15, 0.2) is 5.17 Å². The minimum absolute atomic E-state index is 0.0159. The third-order valence-electron chi connectivity index (χ3n) is 4.90. The van der Waals surface area contributed by atoms with Crippen LogP contribution < -0.4 is 4.74 Å². The SMILES string of the molecule is C(=NC1=N[C@H](c2ccco2)[C@@H](c2ccco2)S1)c1ccccc1OCc1ccccc1. The average molecular weight is 429 g/mol. The molecule has 2 aromatic carbocycles. The van der Waals surface area contributed by atoms with Gasteiger partial charge in [-0.05, 0) is 42.0 Å². The van der Waals surface area contributed by atoms with Gasteiger partial charge in [0.05, 0.1) is 12.5 Å². The summed E-state index contributed by atoms with van der Waals surface area (Å²) in [4.78, 5) is 9.45. The van der Waals surface area contributed by atoms with Crippen molar-refractivity contribution in [2.24, 2.45) is 9.98 Å². The van der Waals surface area contributed by atoms with Gasteiger partial charge < -0.3 is 13.6 Å². The van der Waals surface area contributed by atoms with Crippen molar-refractivity contribution in [2.75, 3.05) is 0 Å². The molecule has 31 heavy (non-hydrogen) atoms. The van der Waals surface area contributed by atoms with Crippen LogP contribution in [0.25, 0.3) is 0 Å². The Hall–Kier alpha value is -3.51.